The minimum absolute atomic E-state index is 0.0332. The summed E-state index contributed by atoms with van der Waals surface area (Å²) in [6.07, 6.45) is 10.6. The number of allylic oxidation sites excluding steroid dienone is 4. The van der Waals surface area contributed by atoms with Crippen LogP contribution in [-0.4, -0.2) is 18.3 Å². The maximum absolute atomic E-state index is 8.97. The zero-order valence-electron chi connectivity index (χ0n) is 12.4. The zero-order chi connectivity index (χ0) is 14.8. The van der Waals surface area contributed by atoms with Gasteiger partial charge in [-0.25, -0.2) is 0 Å². The molecule has 0 saturated heterocycles. The van der Waals surface area contributed by atoms with Crippen LogP contribution in [0.4, 0.5) is 0 Å². The largest absolute Gasteiger partial charge is 0.491 e. The molecule has 2 nitrogen and oxygen atoms in total. The highest BCUT2D eigenvalue weighted by atomic mass is 16.5. The second-order valence-electron chi connectivity index (χ2n) is 5.20. The third kappa shape index (κ3) is 2.36. The van der Waals surface area contributed by atoms with E-state index in [1.807, 2.05) is 6.08 Å². The molecule has 0 aromatic heterocycles. The Morgan fingerprint density at radius 3 is 3.00 bits per heavy atom. The van der Waals surface area contributed by atoms with Crippen molar-refractivity contribution in [1.82, 2.24) is 0 Å². The summed E-state index contributed by atoms with van der Waals surface area (Å²) in [6.45, 7) is 4.53. The summed E-state index contributed by atoms with van der Waals surface area (Å²) in [5, 5.41) is 11.4. The third-order valence-corrected chi connectivity index (χ3v) is 3.89. The van der Waals surface area contributed by atoms with Crippen LogP contribution in [0.25, 0.3) is 11.6 Å². The zero-order valence-corrected chi connectivity index (χ0v) is 12.4. The van der Waals surface area contributed by atoms with Crippen LogP contribution >= 0.6 is 0 Å². The molecule has 2 aliphatic rings. The molecule has 1 aromatic rings. The van der Waals surface area contributed by atoms with Crippen LogP contribution in [0.3, 0.4) is 0 Å². The van der Waals surface area contributed by atoms with Crippen LogP contribution < -0.4 is 10.4 Å². The van der Waals surface area contributed by atoms with E-state index < -0.39 is 0 Å². The van der Waals surface area contributed by atoms with E-state index in [2.05, 4.69) is 50.3 Å². The third-order valence-electron chi connectivity index (χ3n) is 3.89. The standard InChI is InChI=1S/C19H19O2/c1-3-14-6-4-7-15-12-13(2)18(19(14)15)16-8-5-9-17(16)21-11-10-20/h3-7,9,20H,8,10-11H2,1-2H3. The lowest BCUT2D eigenvalue weighted by molar-refractivity contribution is 0.151. The van der Waals surface area contributed by atoms with Gasteiger partial charge in [0.05, 0.1) is 6.61 Å². The number of hydrogen-bond acceptors (Lipinski definition) is 2. The van der Waals surface area contributed by atoms with E-state index in [1.165, 1.54) is 21.6 Å². The SMILES string of the molecule is CC=c1cccc2c1=C(C1=C(OCCO)C=CC1)C(C)=[C]2. The minimum atomic E-state index is 0.0332. The fraction of sp³-hybridized carbons (Fsp3) is 0.263. The predicted molar refractivity (Wildman–Crippen MR) is 84.6 cm³/mol. The fourth-order valence-electron chi connectivity index (χ4n) is 3.02. The summed E-state index contributed by atoms with van der Waals surface area (Å²) in [4.78, 5) is 0. The number of benzene rings is 1. The second-order valence-corrected chi connectivity index (χ2v) is 5.20. The fourth-order valence-corrected chi connectivity index (χ4v) is 3.02. The van der Waals surface area contributed by atoms with Crippen molar-refractivity contribution in [2.75, 3.05) is 13.2 Å². The van der Waals surface area contributed by atoms with Gasteiger partial charge in [-0.3, -0.25) is 0 Å². The molecule has 0 heterocycles. The first kappa shape index (κ1) is 13.9. The average Bonchev–Trinajstić information content (AvgIpc) is 3.07. The van der Waals surface area contributed by atoms with Crippen LogP contribution in [0.2, 0.25) is 0 Å². The van der Waals surface area contributed by atoms with Gasteiger partial charge in [-0.05, 0) is 59.6 Å². The molecule has 0 fully saturated rings. The molecule has 2 aliphatic carbocycles. The molecule has 0 saturated carbocycles. The van der Waals surface area contributed by atoms with Crippen LogP contribution in [0, 0.1) is 6.08 Å². The number of aliphatic hydroxyl groups excluding tert-OH is 1. The molecule has 1 N–H and O–H groups in total. The highest BCUT2D eigenvalue weighted by Gasteiger charge is 2.21. The Kier molecular flexibility index (Phi) is 3.80. The van der Waals surface area contributed by atoms with E-state index >= 15 is 0 Å². The predicted octanol–water partition coefficient (Wildman–Crippen LogP) is 1.97. The Hall–Kier alpha value is -2.06. The van der Waals surface area contributed by atoms with E-state index in [4.69, 9.17) is 9.84 Å². The van der Waals surface area contributed by atoms with Crippen molar-refractivity contribution in [2.24, 2.45) is 0 Å². The van der Waals surface area contributed by atoms with Crippen LogP contribution in [-0.2, 0) is 4.74 Å². The minimum Gasteiger partial charge on any atom is -0.491 e. The lowest BCUT2D eigenvalue weighted by Gasteiger charge is -2.11. The van der Waals surface area contributed by atoms with Crippen LogP contribution in [0.1, 0.15) is 25.8 Å². The van der Waals surface area contributed by atoms with Gasteiger partial charge >= 0.3 is 0 Å². The lowest BCUT2D eigenvalue weighted by atomic mass is 9.97. The highest BCUT2D eigenvalue weighted by Crippen LogP contribution is 2.33. The Balaban J connectivity index is 2.23. The molecule has 0 amide bonds. The Labute approximate surface area is 125 Å². The molecule has 0 unspecified atom stereocenters. The number of fused-ring (bicyclic) bond motifs is 1. The maximum Gasteiger partial charge on any atom is 0.123 e. The summed E-state index contributed by atoms with van der Waals surface area (Å²) in [5.74, 6) is 0.874. The molecule has 21 heavy (non-hydrogen) atoms. The molecule has 2 heteroatoms. The Bertz CT molecular complexity index is 776. The van der Waals surface area contributed by atoms with Crippen molar-refractivity contribution in [1.29, 1.82) is 0 Å². The smallest absolute Gasteiger partial charge is 0.123 e. The van der Waals surface area contributed by atoms with Gasteiger partial charge in [-0.15, -0.1) is 0 Å². The molecule has 0 aliphatic heterocycles. The summed E-state index contributed by atoms with van der Waals surface area (Å²) < 4.78 is 5.68. The number of rotatable bonds is 4. The Morgan fingerprint density at radius 1 is 1.38 bits per heavy atom. The van der Waals surface area contributed by atoms with Gasteiger partial charge in [0.2, 0.25) is 0 Å². The van der Waals surface area contributed by atoms with Gasteiger partial charge in [-0.2, -0.15) is 0 Å². The number of ether oxygens (including phenoxy) is 1. The van der Waals surface area contributed by atoms with Crippen molar-refractivity contribution < 1.29 is 9.84 Å². The van der Waals surface area contributed by atoms with Crippen molar-refractivity contribution >= 4 is 11.6 Å². The monoisotopic (exact) mass is 279 g/mol. The van der Waals surface area contributed by atoms with E-state index in [1.54, 1.807) is 0 Å². The van der Waals surface area contributed by atoms with Gasteiger partial charge in [-0.1, -0.05) is 30.4 Å². The average molecular weight is 279 g/mol. The molecular weight excluding hydrogens is 260 g/mol. The first-order valence-electron chi connectivity index (χ1n) is 7.30. The van der Waals surface area contributed by atoms with Crippen LogP contribution in [0.5, 0.6) is 0 Å². The first-order valence-corrected chi connectivity index (χ1v) is 7.30. The molecule has 1 aromatic carbocycles. The molecule has 0 bridgehead atoms. The molecule has 0 atom stereocenters. The second kappa shape index (κ2) is 5.74. The summed E-state index contributed by atoms with van der Waals surface area (Å²) in [5.41, 5.74) is 4.74. The van der Waals surface area contributed by atoms with Gasteiger partial charge in [0.15, 0.2) is 0 Å². The number of aliphatic hydroxyl groups is 1. The van der Waals surface area contributed by atoms with E-state index in [0.29, 0.717) is 6.61 Å². The molecular formula is C19H19O2. The number of hydrogen-bond donors (Lipinski definition) is 1. The molecule has 0 spiro atoms. The molecule has 3 rings (SSSR count). The van der Waals surface area contributed by atoms with Crippen molar-refractivity contribution in [3.05, 3.63) is 69.3 Å². The van der Waals surface area contributed by atoms with Gasteiger partial charge in [0, 0.05) is 5.57 Å². The quantitative estimate of drug-likeness (QED) is 0.913. The highest BCUT2D eigenvalue weighted by molar-refractivity contribution is 5.83. The maximum atomic E-state index is 8.97. The van der Waals surface area contributed by atoms with Gasteiger partial charge in [0.25, 0.3) is 0 Å². The first-order chi connectivity index (χ1) is 10.3. The van der Waals surface area contributed by atoms with E-state index in [9.17, 15) is 0 Å². The van der Waals surface area contributed by atoms with Crippen molar-refractivity contribution in [2.45, 2.75) is 20.3 Å². The van der Waals surface area contributed by atoms with E-state index in [0.717, 1.165) is 23.3 Å². The van der Waals surface area contributed by atoms with E-state index in [-0.39, 0.29) is 6.61 Å². The lowest BCUT2D eigenvalue weighted by Crippen LogP contribution is -2.28. The summed E-state index contributed by atoms with van der Waals surface area (Å²) >= 11 is 0. The van der Waals surface area contributed by atoms with Gasteiger partial charge in [0.1, 0.15) is 12.4 Å². The normalized spacial score (nSPS) is 17.6. The van der Waals surface area contributed by atoms with Crippen LogP contribution in [0.15, 0.2) is 47.3 Å². The van der Waals surface area contributed by atoms with Crippen molar-refractivity contribution in [3.63, 3.8) is 0 Å². The van der Waals surface area contributed by atoms with Gasteiger partial charge < -0.3 is 9.84 Å². The Morgan fingerprint density at radius 2 is 2.24 bits per heavy atom. The van der Waals surface area contributed by atoms with Crippen molar-refractivity contribution in [3.8, 4) is 0 Å². The summed E-state index contributed by atoms with van der Waals surface area (Å²) in [6, 6.07) is 6.31. The summed E-state index contributed by atoms with van der Waals surface area (Å²) in [7, 11) is 0. The molecule has 107 valence electrons. The molecule has 1 radical (unpaired) electrons. The topological polar surface area (TPSA) is 29.5 Å².